The number of fused-ring (bicyclic) bond motifs is 2. The van der Waals surface area contributed by atoms with Gasteiger partial charge in [0.25, 0.3) is 0 Å². The molecule has 5 N–H and O–H groups in total. The van der Waals surface area contributed by atoms with Crippen LogP contribution in [0.4, 0.5) is 21.0 Å². The van der Waals surface area contributed by atoms with Crippen molar-refractivity contribution in [2.45, 2.75) is 32.0 Å². The first-order valence-corrected chi connectivity index (χ1v) is 12.2. The lowest BCUT2D eigenvalue weighted by Gasteiger charge is -2.47. The van der Waals surface area contributed by atoms with Gasteiger partial charge in [0.05, 0.1) is 24.6 Å². The number of para-hydroxylation sites is 4. The van der Waals surface area contributed by atoms with Crippen molar-refractivity contribution in [2.75, 3.05) is 43.7 Å². The summed E-state index contributed by atoms with van der Waals surface area (Å²) < 4.78 is 16.4. The molecule has 3 aliphatic rings. The van der Waals surface area contributed by atoms with Crippen molar-refractivity contribution in [1.82, 2.24) is 10.6 Å². The lowest BCUT2D eigenvalue weighted by molar-refractivity contribution is -0.121. The molecule has 204 valence electrons. The summed E-state index contributed by atoms with van der Waals surface area (Å²) >= 11 is 0. The maximum atomic E-state index is 11.9. The number of amides is 4. The lowest BCUT2D eigenvalue weighted by atomic mass is 9.96. The predicted octanol–water partition coefficient (Wildman–Crippen LogP) is 2.95. The van der Waals surface area contributed by atoms with Crippen LogP contribution in [0.25, 0.3) is 0 Å². The molecule has 5 rings (SSSR count). The molecule has 0 radical (unpaired) electrons. The second-order valence-electron chi connectivity index (χ2n) is 8.57. The molecule has 0 saturated carbocycles. The molecule has 12 nitrogen and oxygen atoms in total. The zero-order valence-electron chi connectivity index (χ0n) is 22.1. The second-order valence-corrected chi connectivity index (χ2v) is 8.57. The molecule has 0 aromatic heterocycles. The molecule has 1 fully saturated rings. The Kier molecular flexibility index (Phi) is 8.59. The average molecular weight is 527 g/mol. The number of benzene rings is 2. The fourth-order valence-corrected chi connectivity index (χ4v) is 3.85. The van der Waals surface area contributed by atoms with Crippen LogP contribution in [-0.4, -0.2) is 74.0 Å². The molecule has 2 aromatic rings. The minimum Gasteiger partial charge on any atom is -0.488 e. The molecule has 38 heavy (non-hydrogen) atoms. The summed E-state index contributed by atoms with van der Waals surface area (Å²) in [5.41, 5.74) is -1.31. The van der Waals surface area contributed by atoms with Gasteiger partial charge in [0, 0.05) is 14.1 Å². The van der Waals surface area contributed by atoms with Crippen LogP contribution < -0.4 is 29.9 Å². The van der Waals surface area contributed by atoms with Gasteiger partial charge in [-0.2, -0.15) is 0 Å². The Balaban J connectivity index is 0.000000198. The maximum absolute atomic E-state index is 11.9. The molecular weight excluding hydrogens is 492 g/mol. The minimum atomic E-state index is -1.52. The number of carbonyl (C=O) groups excluding carboxylic acids is 2. The van der Waals surface area contributed by atoms with Crippen molar-refractivity contribution >= 4 is 35.1 Å². The molecular formula is C26H34N6O6. The highest BCUT2D eigenvalue weighted by Gasteiger charge is 2.53. The van der Waals surface area contributed by atoms with Gasteiger partial charge in [0.15, 0.2) is 11.4 Å². The Morgan fingerprint density at radius 2 is 1.32 bits per heavy atom. The van der Waals surface area contributed by atoms with Crippen LogP contribution >= 0.6 is 0 Å². The monoisotopic (exact) mass is 526 g/mol. The third kappa shape index (κ3) is 5.13. The number of rotatable bonds is 0. The molecule has 0 aliphatic carbocycles. The number of aliphatic hydroxyl groups is 1. The fourth-order valence-electron chi connectivity index (χ4n) is 3.85. The highest BCUT2D eigenvalue weighted by atomic mass is 16.6. The Hall–Kier alpha value is -4.16. The minimum absolute atomic E-state index is 0.0731. The standard InChI is InChI=1S/C12H13N3O3.C12H15N3O3.C2H6/c1-14-11(16)15-8-4-2-3-5-9(8)18-12(10(15)13)6-17-7-12;1-12(17)7-18-9-6-4-3-5-8(9)15(10(12)13)11(16)14-2;1-2/h2-5,13H,6-7H2,1H3,(H,14,16);3-6,13,17H,7H2,1-2H3,(H,14,16);1-2H3. The molecule has 12 heteroatoms. The molecule has 1 unspecified atom stereocenters. The fraction of sp³-hybridized carbons (Fsp3) is 0.385. The quantitative estimate of drug-likeness (QED) is 0.355. The molecule has 1 atom stereocenters. The Morgan fingerprint density at radius 3 is 1.82 bits per heavy atom. The Labute approximate surface area is 221 Å². The number of nitrogens with zero attached hydrogens (tertiary/aromatic N) is 2. The molecule has 0 bridgehead atoms. The first kappa shape index (κ1) is 28.4. The Morgan fingerprint density at radius 1 is 0.842 bits per heavy atom. The van der Waals surface area contributed by atoms with Gasteiger partial charge in [-0.15, -0.1) is 0 Å². The number of carbonyl (C=O) groups is 2. The van der Waals surface area contributed by atoms with Crippen molar-refractivity contribution in [3.8, 4) is 11.5 Å². The van der Waals surface area contributed by atoms with Crippen molar-refractivity contribution in [1.29, 1.82) is 10.8 Å². The number of hydrogen-bond donors (Lipinski definition) is 5. The van der Waals surface area contributed by atoms with Gasteiger partial charge in [-0.05, 0) is 31.2 Å². The highest BCUT2D eigenvalue weighted by molar-refractivity contribution is 6.21. The number of hydrogen-bond acceptors (Lipinski definition) is 8. The summed E-state index contributed by atoms with van der Waals surface area (Å²) in [6.45, 7) is 5.97. The first-order valence-electron chi connectivity index (χ1n) is 12.2. The van der Waals surface area contributed by atoms with Crippen LogP contribution in [0.1, 0.15) is 20.8 Å². The van der Waals surface area contributed by atoms with Crippen LogP contribution in [0.15, 0.2) is 48.5 Å². The van der Waals surface area contributed by atoms with Gasteiger partial charge in [-0.1, -0.05) is 38.1 Å². The van der Waals surface area contributed by atoms with E-state index in [1.54, 1.807) is 42.5 Å². The van der Waals surface area contributed by atoms with E-state index >= 15 is 0 Å². The normalized spacial score (nSPS) is 20.4. The summed E-state index contributed by atoms with van der Waals surface area (Å²) in [6, 6.07) is 13.2. The van der Waals surface area contributed by atoms with Crippen LogP contribution in [0.3, 0.4) is 0 Å². The van der Waals surface area contributed by atoms with Crippen molar-refractivity contribution in [2.24, 2.45) is 0 Å². The average Bonchev–Trinajstić information content (AvgIpc) is 3.01. The van der Waals surface area contributed by atoms with E-state index in [2.05, 4.69) is 10.6 Å². The zero-order valence-corrected chi connectivity index (χ0v) is 22.1. The molecule has 1 spiro atoms. The van der Waals surface area contributed by atoms with E-state index in [0.29, 0.717) is 36.1 Å². The molecule has 1 saturated heterocycles. The van der Waals surface area contributed by atoms with E-state index in [1.165, 1.54) is 25.9 Å². The zero-order chi connectivity index (χ0) is 28.1. The van der Waals surface area contributed by atoms with Crippen molar-refractivity contribution in [3.05, 3.63) is 48.5 Å². The van der Waals surface area contributed by atoms with E-state index in [1.807, 2.05) is 19.9 Å². The molecule has 4 amide bonds. The summed E-state index contributed by atoms with van der Waals surface area (Å²) in [5.74, 6) is 0.961. The highest BCUT2D eigenvalue weighted by Crippen LogP contribution is 2.40. The number of ether oxygens (including phenoxy) is 3. The first-order chi connectivity index (χ1) is 18.1. The van der Waals surface area contributed by atoms with E-state index < -0.39 is 17.2 Å². The van der Waals surface area contributed by atoms with E-state index in [-0.39, 0.29) is 24.3 Å². The van der Waals surface area contributed by atoms with Crippen LogP contribution in [0.2, 0.25) is 0 Å². The predicted molar refractivity (Wildman–Crippen MR) is 144 cm³/mol. The summed E-state index contributed by atoms with van der Waals surface area (Å²) in [4.78, 5) is 26.3. The lowest BCUT2D eigenvalue weighted by Crippen LogP contribution is -2.68. The van der Waals surface area contributed by atoms with Crippen LogP contribution in [-0.2, 0) is 4.74 Å². The largest absolute Gasteiger partial charge is 0.488 e. The summed E-state index contributed by atoms with van der Waals surface area (Å²) in [6.07, 6.45) is 0. The number of nitrogens with one attached hydrogen (secondary N) is 4. The van der Waals surface area contributed by atoms with Gasteiger partial charge >= 0.3 is 12.1 Å². The van der Waals surface area contributed by atoms with Crippen LogP contribution in [0, 0.1) is 10.8 Å². The maximum Gasteiger partial charge on any atom is 0.327 e. The smallest absolute Gasteiger partial charge is 0.327 e. The van der Waals surface area contributed by atoms with Gasteiger partial charge in [0.2, 0.25) is 5.60 Å². The third-order valence-electron chi connectivity index (χ3n) is 5.92. The number of urea groups is 2. The second kappa shape index (κ2) is 11.5. The Bertz CT molecular complexity index is 1210. The molecule has 2 aromatic carbocycles. The van der Waals surface area contributed by atoms with Gasteiger partial charge in [0.1, 0.15) is 23.9 Å². The topological polar surface area (TPSA) is 160 Å². The number of anilines is 2. The van der Waals surface area contributed by atoms with E-state index in [0.717, 1.165) is 4.90 Å². The number of amidine groups is 2. The van der Waals surface area contributed by atoms with Gasteiger partial charge in [-0.25, -0.2) is 19.4 Å². The summed E-state index contributed by atoms with van der Waals surface area (Å²) in [5, 5.41) is 31.3. The van der Waals surface area contributed by atoms with Crippen molar-refractivity contribution in [3.63, 3.8) is 0 Å². The summed E-state index contributed by atoms with van der Waals surface area (Å²) in [7, 11) is 3.01. The SMILES string of the molecule is CC.CNC(=O)N1C(=N)C(C)(O)COc2ccccc21.CNC(=O)N1C(=N)C2(COC2)Oc2ccccc21. The third-order valence-corrected chi connectivity index (χ3v) is 5.92. The van der Waals surface area contributed by atoms with E-state index in [9.17, 15) is 14.7 Å². The van der Waals surface area contributed by atoms with Crippen LogP contribution in [0.5, 0.6) is 11.5 Å². The van der Waals surface area contributed by atoms with Gasteiger partial charge in [-0.3, -0.25) is 10.8 Å². The van der Waals surface area contributed by atoms with E-state index in [4.69, 9.17) is 25.0 Å². The van der Waals surface area contributed by atoms with Crippen molar-refractivity contribution < 1.29 is 28.9 Å². The van der Waals surface area contributed by atoms with Gasteiger partial charge < -0.3 is 30.0 Å². The molecule has 3 heterocycles. The molecule has 3 aliphatic heterocycles.